The maximum Gasteiger partial charge on any atom is 0.506 e. The average Bonchev–Trinajstić information content (AvgIpc) is 3.28. The lowest BCUT2D eigenvalue weighted by Gasteiger charge is -2.25. The number of thioether (sulfide) groups is 1. The number of carbonyl (C=O) groups is 2. The van der Waals surface area contributed by atoms with Gasteiger partial charge in [0, 0.05) is 61.6 Å². The highest BCUT2D eigenvalue weighted by Gasteiger charge is 2.59. The fourth-order valence-electron chi connectivity index (χ4n) is 6.16. The van der Waals surface area contributed by atoms with Crippen LogP contribution in [-0.2, 0) is 4.74 Å². The van der Waals surface area contributed by atoms with Gasteiger partial charge in [-0.2, -0.15) is 0 Å². The van der Waals surface area contributed by atoms with E-state index in [1.54, 1.807) is 18.0 Å². The number of aromatic nitrogens is 2. The van der Waals surface area contributed by atoms with E-state index >= 15 is 0 Å². The highest BCUT2D eigenvalue weighted by molar-refractivity contribution is 7.99. The molecule has 0 aromatic carbocycles. The normalized spacial score (nSPS) is 27.7. The third-order valence-electron chi connectivity index (χ3n) is 8.21. The van der Waals surface area contributed by atoms with Crippen molar-refractivity contribution in [3.8, 4) is 0 Å². The van der Waals surface area contributed by atoms with Gasteiger partial charge < -0.3 is 19.6 Å². The van der Waals surface area contributed by atoms with Crippen LogP contribution in [0.25, 0.3) is 0 Å². The second-order valence-electron chi connectivity index (χ2n) is 10.5. The number of ether oxygens (including phenoxy) is 1. The van der Waals surface area contributed by atoms with E-state index in [9.17, 15) is 9.59 Å². The number of carboxylic acid groups (broad SMARTS) is 1. The Morgan fingerprint density at radius 3 is 2.56 bits per heavy atom. The molecule has 1 N–H and O–H groups in total. The summed E-state index contributed by atoms with van der Waals surface area (Å²) in [6, 6.07) is 7.98. The number of amides is 1. The molecule has 8 nitrogen and oxygen atoms in total. The van der Waals surface area contributed by atoms with Crippen molar-refractivity contribution in [2.75, 3.05) is 31.1 Å². The quantitative estimate of drug-likeness (QED) is 0.563. The van der Waals surface area contributed by atoms with Gasteiger partial charge in [-0.05, 0) is 43.0 Å². The first-order valence-electron chi connectivity index (χ1n) is 13.1. The number of pyridine rings is 2. The van der Waals surface area contributed by atoms with Crippen LogP contribution in [0.2, 0.25) is 0 Å². The second-order valence-corrected chi connectivity index (χ2v) is 11.8. The zero-order chi connectivity index (χ0) is 24.6. The molecule has 0 spiro atoms. The van der Waals surface area contributed by atoms with Crippen LogP contribution in [0.5, 0.6) is 0 Å². The molecule has 2 aromatic heterocycles. The molecule has 4 fully saturated rings. The fourth-order valence-corrected chi connectivity index (χ4v) is 7.47. The Morgan fingerprint density at radius 1 is 1.03 bits per heavy atom. The zero-order valence-electron chi connectivity index (χ0n) is 20.3. The number of nitrogens with zero attached hydrogens (tertiary/aromatic N) is 4. The number of piperidine rings is 1. The molecular formula is C27H32N4O4S. The van der Waals surface area contributed by atoms with E-state index in [0.29, 0.717) is 23.3 Å². The summed E-state index contributed by atoms with van der Waals surface area (Å²) in [5.41, 5.74) is 1.90. The van der Waals surface area contributed by atoms with E-state index in [-0.39, 0.29) is 23.8 Å². The van der Waals surface area contributed by atoms with Gasteiger partial charge in [0.1, 0.15) is 16.9 Å². The van der Waals surface area contributed by atoms with Crippen LogP contribution >= 0.6 is 11.8 Å². The summed E-state index contributed by atoms with van der Waals surface area (Å²) in [5.74, 6) is 1.75. The first-order valence-corrected chi connectivity index (χ1v) is 14.0. The fraction of sp³-hybridized carbons (Fsp3) is 0.556. The summed E-state index contributed by atoms with van der Waals surface area (Å²) in [6.45, 7) is 2.94. The second kappa shape index (κ2) is 9.92. The van der Waals surface area contributed by atoms with Crippen LogP contribution in [0, 0.1) is 11.8 Å². The molecule has 36 heavy (non-hydrogen) atoms. The first kappa shape index (κ1) is 23.6. The van der Waals surface area contributed by atoms with Crippen molar-refractivity contribution in [2.24, 2.45) is 11.8 Å². The maximum atomic E-state index is 13.7. The Bertz CT molecular complexity index is 1110. The van der Waals surface area contributed by atoms with Crippen LogP contribution in [0.1, 0.15) is 60.4 Å². The number of anilines is 1. The molecule has 9 heteroatoms. The van der Waals surface area contributed by atoms with Crippen molar-refractivity contribution < 1.29 is 19.4 Å². The van der Waals surface area contributed by atoms with E-state index < -0.39 is 6.16 Å². The van der Waals surface area contributed by atoms with Crippen molar-refractivity contribution in [3.63, 3.8) is 0 Å². The lowest BCUT2D eigenvalue weighted by molar-refractivity contribution is 0.0755. The predicted octanol–water partition coefficient (Wildman–Crippen LogP) is 4.66. The van der Waals surface area contributed by atoms with Gasteiger partial charge in [0.25, 0.3) is 5.91 Å². The Kier molecular flexibility index (Phi) is 6.50. The summed E-state index contributed by atoms with van der Waals surface area (Å²) >= 11 is 1.77. The van der Waals surface area contributed by atoms with Crippen molar-refractivity contribution in [3.05, 3.63) is 47.8 Å². The zero-order valence-corrected chi connectivity index (χ0v) is 21.1. The van der Waals surface area contributed by atoms with Gasteiger partial charge in [0.15, 0.2) is 0 Å². The predicted molar refractivity (Wildman–Crippen MR) is 137 cm³/mol. The maximum absolute atomic E-state index is 13.7. The number of hydrogen-bond acceptors (Lipinski definition) is 7. The van der Waals surface area contributed by atoms with E-state index in [4.69, 9.17) is 14.8 Å². The monoisotopic (exact) mass is 508 g/mol. The summed E-state index contributed by atoms with van der Waals surface area (Å²) in [4.78, 5) is 38.1. The lowest BCUT2D eigenvalue weighted by Crippen LogP contribution is -2.30. The number of rotatable bonds is 6. The molecule has 4 atom stereocenters. The molecule has 190 valence electrons. The summed E-state index contributed by atoms with van der Waals surface area (Å²) in [7, 11) is 0. The molecule has 2 aliphatic carbocycles. The van der Waals surface area contributed by atoms with Crippen LogP contribution in [0.3, 0.4) is 0 Å². The molecular weight excluding hydrogens is 476 g/mol. The van der Waals surface area contributed by atoms with Gasteiger partial charge >= 0.3 is 6.16 Å². The minimum atomic E-state index is -1.19. The Labute approximate surface area is 215 Å². The standard InChI is InChI=1S/C27H32N4O4S/c32-26(30-12-10-18(14-30)17-5-4-11-28-13-17)20-8-9-23(29-25(20)36-19-6-2-1-3-7-19)31-15-21-22(16-31)24(21)35-27(33)34/h4-5,8-9,11,13,18-19,21-22,24H,1-3,6-7,10,12,14-16H2,(H,33,34)/t18?,21-,22+,24?. The number of fused-ring (bicyclic) bond motifs is 1. The van der Waals surface area contributed by atoms with Crippen LogP contribution in [0.15, 0.2) is 41.7 Å². The van der Waals surface area contributed by atoms with Gasteiger partial charge in [-0.1, -0.05) is 25.3 Å². The molecule has 2 saturated heterocycles. The molecule has 4 heterocycles. The Balaban J connectivity index is 1.19. The van der Waals surface area contributed by atoms with Crippen LogP contribution < -0.4 is 4.90 Å². The Hall–Kier alpha value is -2.81. The van der Waals surface area contributed by atoms with Crippen LogP contribution in [0.4, 0.5) is 10.6 Å². The third kappa shape index (κ3) is 4.77. The number of carbonyl (C=O) groups excluding carboxylic acids is 1. The van der Waals surface area contributed by atoms with Crippen molar-refractivity contribution in [2.45, 2.75) is 60.8 Å². The van der Waals surface area contributed by atoms with Gasteiger partial charge in [0.05, 0.1) is 5.56 Å². The minimum absolute atomic E-state index is 0.0675. The first-order chi connectivity index (χ1) is 17.6. The SMILES string of the molecule is O=C(O)OC1[C@H]2CN(c3ccc(C(=O)N4CCC(c5cccnc5)C4)c(SC4CCCCC4)n3)C[C@@H]12. The molecule has 2 saturated carbocycles. The smallest absolute Gasteiger partial charge is 0.450 e. The topological polar surface area (TPSA) is 95.9 Å². The van der Waals surface area contributed by atoms with Gasteiger partial charge in [-0.25, -0.2) is 9.78 Å². The molecule has 0 bridgehead atoms. The van der Waals surface area contributed by atoms with Crippen molar-refractivity contribution in [1.29, 1.82) is 0 Å². The highest BCUT2D eigenvalue weighted by Crippen LogP contribution is 2.49. The highest BCUT2D eigenvalue weighted by atomic mass is 32.2. The average molecular weight is 509 g/mol. The van der Waals surface area contributed by atoms with Gasteiger partial charge in [0.2, 0.25) is 0 Å². The van der Waals surface area contributed by atoms with Crippen molar-refractivity contribution >= 4 is 29.6 Å². The molecule has 2 aliphatic heterocycles. The Morgan fingerprint density at radius 2 is 1.83 bits per heavy atom. The van der Waals surface area contributed by atoms with E-state index in [1.807, 2.05) is 29.3 Å². The molecule has 6 rings (SSSR count). The molecule has 4 aliphatic rings. The van der Waals surface area contributed by atoms with E-state index in [2.05, 4.69) is 16.0 Å². The lowest BCUT2D eigenvalue weighted by atomic mass is 10.0. The van der Waals surface area contributed by atoms with E-state index in [0.717, 1.165) is 36.9 Å². The molecule has 2 unspecified atom stereocenters. The largest absolute Gasteiger partial charge is 0.506 e. The molecule has 0 radical (unpaired) electrons. The summed E-state index contributed by atoms with van der Waals surface area (Å²) in [6.07, 6.45) is 9.36. The third-order valence-corrected chi connectivity index (χ3v) is 9.55. The van der Waals surface area contributed by atoms with E-state index in [1.165, 1.54) is 37.7 Å². The van der Waals surface area contributed by atoms with Gasteiger partial charge in [-0.15, -0.1) is 11.8 Å². The summed E-state index contributed by atoms with van der Waals surface area (Å²) < 4.78 is 5.00. The van der Waals surface area contributed by atoms with Gasteiger partial charge in [-0.3, -0.25) is 9.78 Å². The number of hydrogen-bond donors (Lipinski definition) is 1. The van der Waals surface area contributed by atoms with Crippen LogP contribution in [-0.4, -0.2) is 69.6 Å². The minimum Gasteiger partial charge on any atom is -0.450 e. The molecule has 2 aromatic rings. The number of likely N-dealkylation sites (tertiary alicyclic amines) is 1. The van der Waals surface area contributed by atoms with Crippen molar-refractivity contribution in [1.82, 2.24) is 14.9 Å². The molecule has 1 amide bonds. The summed E-state index contributed by atoms with van der Waals surface area (Å²) in [5, 5.41) is 10.3.